The van der Waals surface area contributed by atoms with Gasteiger partial charge in [-0.1, -0.05) is 12.1 Å². The highest BCUT2D eigenvalue weighted by Crippen LogP contribution is 2.43. The van der Waals surface area contributed by atoms with E-state index < -0.39 is 11.1 Å². The molecule has 3 aromatic heterocycles. The highest BCUT2D eigenvalue weighted by Gasteiger charge is 2.33. The fraction of sp³-hybridized carbons (Fsp3) is 0.385. The molecule has 37 heavy (non-hydrogen) atoms. The summed E-state index contributed by atoms with van der Waals surface area (Å²) in [7, 11) is 0. The number of hydrogen-bond acceptors (Lipinski definition) is 9. The average Bonchev–Trinajstić information content (AvgIpc) is 3.81. The molecule has 190 valence electrons. The highest BCUT2D eigenvalue weighted by atomic mass is 32.2. The van der Waals surface area contributed by atoms with E-state index in [1.165, 1.54) is 12.1 Å². The van der Waals surface area contributed by atoms with Gasteiger partial charge in [0.1, 0.15) is 11.8 Å². The van der Waals surface area contributed by atoms with Crippen molar-refractivity contribution in [3.05, 3.63) is 64.1 Å². The van der Waals surface area contributed by atoms with Crippen molar-refractivity contribution in [2.45, 2.75) is 62.9 Å². The van der Waals surface area contributed by atoms with E-state index in [4.69, 9.17) is 4.98 Å². The fourth-order valence-electron chi connectivity index (χ4n) is 4.74. The van der Waals surface area contributed by atoms with Crippen molar-refractivity contribution in [3.63, 3.8) is 0 Å². The minimum atomic E-state index is -2.28. The van der Waals surface area contributed by atoms with Crippen molar-refractivity contribution < 1.29 is 8.76 Å². The Morgan fingerprint density at radius 1 is 1.11 bits per heavy atom. The molecule has 2 saturated carbocycles. The molecule has 1 N–H and O–H groups in total. The summed E-state index contributed by atoms with van der Waals surface area (Å²) in [6.45, 7) is 4.31. The van der Waals surface area contributed by atoms with Crippen molar-refractivity contribution in [2.24, 2.45) is 5.92 Å². The van der Waals surface area contributed by atoms with Gasteiger partial charge in [-0.05, 0) is 74.2 Å². The first kappa shape index (κ1) is 23.8. The number of nitrogens with one attached hydrogen (secondary N) is 1. The largest absolute Gasteiger partial charge is 0.768 e. The molecule has 6 rings (SSSR count). The average molecular weight is 517 g/mol. The standard InChI is InChI=1S/C26H27N7O3S/c1-14-21(22(18-7-8-18)30-13-29-14)23-28-12-20-25(32-23)33(15(2)17-5-6-17)26(34)24(31-20)27-11-16-3-9-19(10-4-16)37(35)36/h3-4,9-10,12-13,15,17-18H,5-8,11H2,1-2H3,(H,27,31)(H,35,36)/p-1/t15-/m0/s1. The second-order valence-corrected chi connectivity index (χ2v) is 10.8. The van der Waals surface area contributed by atoms with Gasteiger partial charge in [-0.25, -0.2) is 24.9 Å². The van der Waals surface area contributed by atoms with Crippen LogP contribution in [0, 0.1) is 12.8 Å². The quantitative estimate of drug-likeness (QED) is 0.348. The van der Waals surface area contributed by atoms with Crippen LogP contribution >= 0.6 is 0 Å². The molecule has 0 bridgehead atoms. The Balaban J connectivity index is 1.41. The Morgan fingerprint density at radius 2 is 1.86 bits per heavy atom. The Morgan fingerprint density at radius 3 is 2.54 bits per heavy atom. The number of nitrogens with zero attached hydrogens (tertiary/aromatic N) is 6. The summed E-state index contributed by atoms with van der Waals surface area (Å²) in [5.74, 6) is 1.54. The van der Waals surface area contributed by atoms with Gasteiger partial charge in [0.25, 0.3) is 5.56 Å². The smallest absolute Gasteiger partial charge is 0.295 e. The first-order valence-electron chi connectivity index (χ1n) is 12.4. The van der Waals surface area contributed by atoms with E-state index in [9.17, 15) is 13.6 Å². The molecule has 0 spiro atoms. The van der Waals surface area contributed by atoms with Gasteiger partial charge in [-0.2, -0.15) is 0 Å². The Labute approximate surface area is 215 Å². The normalized spacial score (nSPS) is 17.1. The maximum absolute atomic E-state index is 13.7. The third kappa shape index (κ3) is 4.64. The number of anilines is 1. The maximum atomic E-state index is 13.7. The summed E-state index contributed by atoms with van der Waals surface area (Å²) in [4.78, 5) is 36.9. The van der Waals surface area contributed by atoms with Gasteiger partial charge in [-0.3, -0.25) is 13.6 Å². The lowest BCUT2D eigenvalue weighted by Gasteiger charge is -2.19. The third-order valence-corrected chi connectivity index (χ3v) is 7.83. The van der Waals surface area contributed by atoms with Gasteiger partial charge in [0.15, 0.2) is 17.3 Å². The van der Waals surface area contributed by atoms with Crippen LogP contribution in [0.15, 0.2) is 46.5 Å². The van der Waals surface area contributed by atoms with Crippen LogP contribution in [0.5, 0.6) is 0 Å². The highest BCUT2D eigenvalue weighted by molar-refractivity contribution is 7.79. The number of aromatic nitrogens is 6. The summed E-state index contributed by atoms with van der Waals surface area (Å²) in [5, 5.41) is 3.14. The molecule has 2 aliphatic rings. The molecule has 11 heteroatoms. The van der Waals surface area contributed by atoms with Crippen molar-refractivity contribution in [2.75, 3.05) is 5.32 Å². The van der Waals surface area contributed by atoms with Crippen molar-refractivity contribution in [1.29, 1.82) is 0 Å². The maximum Gasteiger partial charge on any atom is 0.295 e. The summed E-state index contributed by atoms with van der Waals surface area (Å²) in [6, 6.07) is 6.44. The van der Waals surface area contributed by atoms with E-state index in [1.54, 1.807) is 29.2 Å². The van der Waals surface area contributed by atoms with Crippen LogP contribution in [0.4, 0.5) is 5.82 Å². The van der Waals surface area contributed by atoms with Gasteiger partial charge < -0.3 is 9.87 Å². The lowest BCUT2D eigenvalue weighted by Crippen LogP contribution is -2.29. The van der Waals surface area contributed by atoms with Gasteiger partial charge in [0, 0.05) is 23.4 Å². The van der Waals surface area contributed by atoms with Crippen LogP contribution in [-0.4, -0.2) is 38.2 Å². The van der Waals surface area contributed by atoms with E-state index in [0.717, 1.165) is 48.2 Å². The van der Waals surface area contributed by atoms with E-state index in [-0.39, 0.29) is 22.3 Å². The molecule has 2 atom stereocenters. The number of benzene rings is 1. The first-order chi connectivity index (χ1) is 17.9. The van der Waals surface area contributed by atoms with E-state index in [2.05, 4.69) is 32.2 Å². The van der Waals surface area contributed by atoms with Crippen LogP contribution in [-0.2, 0) is 17.6 Å². The predicted octanol–water partition coefficient (Wildman–Crippen LogP) is 3.65. The summed E-state index contributed by atoms with van der Waals surface area (Å²) in [6.07, 6.45) is 7.58. The minimum absolute atomic E-state index is 0.0383. The molecule has 2 aliphatic carbocycles. The van der Waals surface area contributed by atoms with Crippen LogP contribution in [0.2, 0.25) is 0 Å². The summed E-state index contributed by atoms with van der Waals surface area (Å²) < 4.78 is 24.0. The van der Waals surface area contributed by atoms with Gasteiger partial charge in [0.2, 0.25) is 0 Å². The molecule has 10 nitrogen and oxygen atoms in total. The second kappa shape index (κ2) is 9.38. The lowest BCUT2D eigenvalue weighted by atomic mass is 10.1. The molecule has 0 amide bonds. The third-order valence-electron chi connectivity index (χ3n) is 7.17. The Kier molecular flexibility index (Phi) is 6.04. The van der Waals surface area contributed by atoms with Crippen LogP contribution in [0.1, 0.15) is 61.5 Å². The molecule has 0 radical (unpaired) electrons. The predicted molar refractivity (Wildman–Crippen MR) is 138 cm³/mol. The zero-order chi connectivity index (χ0) is 25.7. The van der Waals surface area contributed by atoms with Crippen molar-refractivity contribution in [3.8, 4) is 11.4 Å². The number of rotatable bonds is 8. The zero-order valence-electron chi connectivity index (χ0n) is 20.5. The van der Waals surface area contributed by atoms with E-state index in [1.807, 2.05) is 6.92 Å². The fourth-order valence-corrected chi connectivity index (χ4v) is 5.10. The molecule has 0 saturated heterocycles. The monoisotopic (exact) mass is 516 g/mol. The first-order valence-corrected chi connectivity index (χ1v) is 13.5. The molecule has 1 unspecified atom stereocenters. The van der Waals surface area contributed by atoms with Crippen LogP contribution in [0.3, 0.4) is 0 Å². The van der Waals surface area contributed by atoms with Gasteiger partial charge in [0.05, 0.1) is 23.1 Å². The van der Waals surface area contributed by atoms with Crippen molar-refractivity contribution in [1.82, 2.24) is 29.5 Å². The topological polar surface area (TPSA) is 139 Å². The van der Waals surface area contributed by atoms with Crippen LogP contribution < -0.4 is 10.9 Å². The number of aryl methyl sites for hydroxylation is 1. The van der Waals surface area contributed by atoms with E-state index >= 15 is 0 Å². The Bertz CT molecular complexity index is 1580. The van der Waals surface area contributed by atoms with Crippen LogP contribution in [0.25, 0.3) is 22.6 Å². The van der Waals surface area contributed by atoms with Gasteiger partial charge in [-0.15, -0.1) is 0 Å². The number of fused-ring (bicyclic) bond motifs is 1. The summed E-state index contributed by atoms with van der Waals surface area (Å²) >= 11 is -2.28. The SMILES string of the molecule is Cc1ncnc(C2CC2)c1-c1ncc2nc(NCc3ccc(S(=O)[O-])cc3)c(=O)n([C@@H](C)C3CC3)c2n1. The molecule has 1 aromatic carbocycles. The minimum Gasteiger partial charge on any atom is -0.768 e. The molecule has 4 aromatic rings. The molecule has 3 heterocycles. The zero-order valence-corrected chi connectivity index (χ0v) is 21.4. The molecule has 0 aliphatic heterocycles. The number of hydrogen-bond donors (Lipinski definition) is 1. The summed E-state index contributed by atoms with van der Waals surface area (Å²) in [5.41, 5.74) is 4.25. The van der Waals surface area contributed by atoms with E-state index in [0.29, 0.717) is 35.4 Å². The molecular weight excluding hydrogens is 490 g/mol. The Hall–Kier alpha value is -3.57. The molecule has 2 fully saturated rings. The van der Waals surface area contributed by atoms with Crippen molar-refractivity contribution >= 4 is 28.1 Å². The lowest BCUT2D eigenvalue weighted by molar-refractivity contribution is 0.482. The molecular formula is C26H26N7O3S-. The van der Waals surface area contributed by atoms with Gasteiger partial charge >= 0.3 is 0 Å². The second-order valence-electron chi connectivity index (χ2n) is 9.84.